The molecule has 0 aromatic rings. The molecule has 1 heterocycles. The van der Waals surface area contributed by atoms with Gasteiger partial charge in [0.1, 0.15) is 41.9 Å². The molecular weight excluding hydrogens is 466 g/mol. The minimum Gasteiger partial charge on any atom is -0.748 e. The van der Waals surface area contributed by atoms with Gasteiger partial charge in [-0.3, -0.25) is 0 Å². The molecule has 0 radical (unpaired) electrons. The molecule has 11 unspecified atom stereocenters. The Morgan fingerprint density at radius 2 is 1.65 bits per heavy atom. The second-order valence-corrected chi connectivity index (χ2v) is 7.11. The Morgan fingerprint density at radius 3 is 2.16 bits per heavy atom. The van der Waals surface area contributed by atoms with Crippen LogP contribution in [-0.2, 0) is 49.1 Å². The number of carbonyl (C=O) groups excluding carboxylic acids is 1. The van der Waals surface area contributed by atoms with Crippen molar-refractivity contribution in [2.45, 2.75) is 74.6 Å². The third kappa shape index (κ3) is 8.14. The number of aliphatic hydroxyl groups excluding tert-OH is 3. The molecule has 2 aliphatic rings. The Labute approximate surface area is 226 Å². The molecule has 1 saturated carbocycles. The molecule has 13 nitrogen and oxygen atoms in total. The monoisotopic (exact) mass is 490 g/mol. The van der Waals surface area contributed by atoms with E-state index >= 15 is 0 Å². The fourth-order valence-electron chi connectivity index (χ4n) is 3.49. The number of methoxy groups -OCH3 is 2. The van der Waals surface area contributed by atoms with Crippen molar-refractivity contribution in [2.75, 3.05) is 14.2 Å². The summed E-state index contributed by atoms with van der Waals surface area (Å²) in [7, 11) is 2.60. The van der Waals surface area contributed by atoms with Crippen LogP contribution in [0.5, 0.6) is 0 Å². The second-order valence-electron chi connectivity index (χ2n) is 6.56. The average molecular weight is 490 g/mol. The van der Waals surface area contributed by atoms with Gasteiger partial charge in [-0.15, -0.1) is 4.33 Å². The molecule has 1 saturated heterocycles. The maximum atomic E-state index is 10.7. The number of aliphatic hydroxyl groups is 3. The molecule has 0 aromatic heterocycles. The van der Waals surface area contributed by atoms with E-state index in [4.69, 9.17) is 28.6 Å². The Balaban J connectivity index is 0.00000450. The first-order valence-electron chi connectivity index (χ1n) is 8.61. The predicted molar refractivity (Wildman–Crippen MR) is 88.9 cm³/mol. The van der Waals surface area contributed by atoms with Gasteiger partial charge in [-0.05, 0) is 6.92 Å². The largest absolute Gasteiger partial charge is 1.00 e. The third-order valence-electron chi connectivity index (χ3n) is 4.92. The molecule has 11 atom stereocenters. The molecule has 0 aromatic carbocycles. The van der Waals surface area contributed by atoms with Crippen LogP contribution >= 0.6 is 0 Å². The SMILES string of the molecule is COC1CC(O[C-]=O)C(OC2OC(C)C(OC)C(OOS(=O)[O-])C2O)C(O)C1O.[Na+].[Na+]. The smallest absolute Gasteiger partial charge is 0.748 e. The fraction of sp³-hybridized carbons (Fsp3) is 0.933. The number of hydrogen-bond acceptors (Lipinski definition) is 13. The maximum Gasteiger partial charge on any atom is 1.00 e. The van der Waals surface area contributed by atoms with Crippen molar-refractivity contribution in [1.29, 1.82) is 0 Å². The van der Waals surface area contributed by atoms with Crippen LogP contribution in [0, 0.1) is 0 Å². The summed E-state index contributed by atoms with van der Waals surface area (Å²) in [5.74, 6) is 0. The summed E-state index contributed by atoms with van der Waals surface area (Å²) in [5, 5.41) is 31.1. The van der Waals surface area contributed by atoms with Crippen molar-refractivity contribution < 1.29 is 121 Å². The standard InChI is InChI=1S/C15H25O13S.2Na/c1-6-12(23-3)14(27-28-29(20)21)11(19)15(25-6)26-13-8(24-5-16)4-7(22-2)9(17)10(13)18;;/h6-15,17-19H,4H2,1-3H3,(H,20,21);;/q-1;2*+1/p-1. The second kappa shape index (κ2) is 15.3. The average Bonchev–Trinajstić information content (AvgIpc) is 2.68. The van der Waals surface area contributed by atoms with Crippen molar-refractivity contribution in [3.05, 3.63) is 0 Å². The van der Waals surface area contributed by atoms with Crippen molar-refractivity contribution in [1.82, 2.24) is 0 Å². The van der Waals surface area contributed by atoms with Gasteiger partial charge in [0.05, 0.1) is 18.3 Å². The number of hydrogen-bond donors (Lipinski definition) is 3. The van der Waals surface area contributed by atoms with E-state index in [2.05, 4.69) is 4.33 Å². The van der Waals surface area contributed by atoms with Crippen LogP contribution in [0.4, 0.5) is 0 Å². The van der Waals surface area contributed by atoms with Gasteiger partial charge in [-0.2, -0.15) is 0 Å². The first kappa shape index (κ1) is 32.2. The number of ether oxygens (including phenoxy) is 5. The molecule has 31 heavy (non-hydrogen) atoms. The topological polar surface area (TPSA) is 182 Å². The molecule has 2 fully saturated rings. The maximum absolute atomic E-state index is 10.7. The normalized spacial score (nSPS) is 41.4. The van der Waals surface area contributed by atoms with E-state index < -0.39 is 72.6 Å². The fourth-order valence-corrected chi connectivity index (χ4v) is 3.64. The van der Waals surface area contributed by atoms with E-state index in [1.165, 1.54) is 20.7 Å². The summed E-state index contributed by atoms with van der Waals surface area (Å²) < 4.78 is 51.5. The minimum atomic E-state index is -3.02. The van der Waals surface area contributed by atoms with Crippen molar-refractivity contribution in [3.63, 3.8) is 0 Å². The van der Waals surface area contributed by atoms with Crippen LogP contribution in [0.25, 0.3) is 0 Å². The van der Waals surface area contributed by atoms with Gasteiger partial charge >= 0.3 is 59.1 Å². The van der Waals surface area contributed by atoms with E-state index in [-0.39, 0.29) is 65.5 Å². The molecule has 0 amide bonds. The third-order valence-corrected chi connectivity index (χ3v) is 5.11. The van der Waals surface area contributed by atoms with E-state index in [1.54, 1.807) is 6.92 Å². The summed E-state index contributed by atoms with van der Waals surface area (Å²) in [5.41, 5.74) is 0. The zero-order chi connectivity index (χ0) is 21.7. The summed E-state index contributed by atoms with van der Waals surface area (Å²) in [6.07, 6.45) is -12.4. The van der Waals surface area contributed by atoms with E-state index in [0.29, 0.717) is 0 Å². The summed E-state index contributed by atoms with van der Waals surface area (Å²) in [6.45, 7) is 2.79. The van der Waals surface area contributed by atoms with Gasteiger partial charge in [-0.25, -0.2) is 9.10 Å². The van der Waals surface area contributed by atoms with Crippen LogP contribution < -0.4 is 59.1 Å². The zero-order valence-corrected chi connectivity index (χ0v) is 22.6. The van der Waals surface area contributed by atoms with Crippen LogP contribution in [0.15, 0.2) is 0 Å². The van der Waals surface area contributed by atoms with Gasteiger partial charge in [0.15, 0.2) is 12.4 Å². The van der Waals surface area contributed by atoms with Gasteiger partial charge in [0.25, 0.3) is 0 Å². The molecule has 0 bridgehead atoms. The summed E-state index contributed by atoms with van der Waals surface area (Å²) in [4.78, 5) is 15.4. The van der Waals surface area contributed by atoms with Gasteiger partial charge in [-0.1, -0.05) is 6.47 Å². The molecule has 1 aliphatic heterocycles. The quantitative estimate of drug-likeness (QED) is 0.0912. The molecule has 0 spiro atoms. The van der Waals surface area contributed by atoms with E-state index in [9.17, 15) is 28.9 Å². The summed E-state index contributed by atoms with van der Waals surface area (Å²) >= 11 is -3.02. The molecule has 1 aliphatic carbocycles. The van der Waals surface area contributed by atoms with E-state index in [1.807, 2.05) is 0 Å². The molecule has 170 valence electrons. The van der Waals surface area contributed by atoms with Crippen LogP contribution in [0.3, 0.4) is 0 Å². The molecule has 16 heteroatoms. The minimum absolute atomic E-state index is 0. The number of rotatable bonds is 9. The Morgan fingerprint density at radius 1 is 1.00 bits per heavy atom. The predicted octanol–water partition coefficient (Wildman–Crippen LogP) is -8.80. The van der Waals surface area contributed by atoms with Crippen molar-refractivity contribution in [2.24, 2.45) is 0 Å². The Kier molecular flexibility index (Phi) is 15.9. The first-order valence-corrected chi connectivity index (χ1v) is 9.61. The van der Waals surface area contributed by atoms with Crippen LogP contribution in [0.1, 0.15) is 13.3 Å². The van der Waals surface area contributed by atoms with Gasteiger partial charge in [0, 0.05) is 20.6 Å². The molecule has 2 rings (SSSR count). The van der Waals surface area contributed by atoms with Gasteiger partial charge < -0.3 is 48.4 Å². The summed E-state index contributed by atoms with van der Waals surface area (Å²) in [6, 6.07) is 0. The zero-order valence-electron chi connectivity index (χ0n) is 17.8. The molecular formula is C15H24Na2O13S. The van der Waals surface area contributed by atoms with Crippen molar-refractivity contribution >= 4 is 17.8 Å². The van der Waals surface area contributed by atoms with Crippen LogP contribution in [-0.4, -0.2) is 106 Å². The van der Waals surface area contributed by atoms with Gasteiger partial charge in [0.2, 0.25) is 0 Å². The first-order chi connectivity index (χ1) is 13.7. The van der Waals surface area contributed by atoms with E-state index in [0.717, 1.165) is 0 Å². The Bertz CT molecular complexity index is 561. The molecule has 3 N–H and O–H groups in total. The van der Waals surface area contributed by atoms with Crippen LogP contribution in [0.2, 0.25) is 0 Å². The van der Waals surface area contributed by atoms with Crippen molar-refractivity contribution in [3.8, 4) is 0 Å². The Hall–Kier alpha value is 1.22.